The number of hydrogen-bond donors (Lipinski definition) is 1. The highest BCUT2D eigenvalue weighted by Gasteiger charge is 2.27. The number of rotatable bonds is 5. The van der Waals surface area contributed by atoms with Crippen molar-refractivity contribution in [3.05, 3.63) is 59.0 Å². The molecule has 1 aliphatic heterocycles. The van der Waals surface area contributed by atoms with E-state index in [9.17, 15) is 9.59 Å². The highest BCUT2D eigenvalue weighted by Crippen LogP contribution is 2.26. The standard InChI is InChI=1S/C20H24N6O2/c1-2-26-19(22-23-20(26)28)16-8-11-24(12-9-16)17(27)14-25-13-10-21-18(25)15-6-4-3-5-7-15/h3-7,10,13,16H,2,8-9,11-12,14H2,1H3,(H,23,28). The molecule has 1 amide bonds. The van der Waals surface area contributed by atoms with Crippen molar-refractivity contribution in [1.82, 2.24) is 29.2 Å². The summed E-state index contributed by atoms with van der Waals surface area (Å²) >= 11 is 0. The Kier molecular flexibility index (Phi) is 5.10. The molecular formula is C20H24N6O2. The molecule has 3 heterocycles. The number of aromatic nitrogens is 5. The summed E-state index contributed by atoms with van der Waals surface area (Å²) in [7, 11) is 0. The maximum absolute atomic E-state index is 12.8. The van der Waals surface area contributed by atoms with Gasteiger partial charge in [-0.25, -0.2) is 14.9 Å². The lowest BCUT2D eigenvalue weighted by atomic mass is 9.96. The Morgan fingerprint density at radius 2 is 1.96 bits per heavy atom. The minimum atomic E-state index is -0.162. The maximum Gasteiger partial charge on any atom is 0.343 e. The molecule has 8 nitrogen and oxygen atoms in total. The normalized spacial score (nSPS) is 15.1. The first-order valence-corrected chi connectivity index (χ1v) is 9.66. The second-order valence-electron chi connectivity index (χ2n) is 7.03. The molecule has 1 fully saturated rings. The predicted octanol–water partition coefficient (Wildman–Crippen LogP) is 1.86. The lowest BCUT2D eigenvalue weighted by molar-refractivity contribution is -0.132. The Hall–Kier alpha value is -3.16. The predicted molar refractivity (Wildman–Crippen MR) is 105 cm³/mol. The van der Waals surface area contributed by atoms with E-state index in [4.69, 9.17) is 0 Å². The summed E-state index contributed by atoms with van der Waals surface area (Å²) in [6.07, 6.45) is 5.19. The van der Waals surface area contributed by atoms with E-state index in [0.29, 0.717) is 19.6 Å². The van der Waals surface area contributed by atoms with Crippen molar-refractivity contribution in [3.63, 3.8) is 0 Å². The zero-order chi connectivity index (χ0) is 19.5. The number of nitrogens with one attached hydrogen (secondary N) is 1. The van der Waals surface area contributed by atoms with E-state index < -0.39 is 0 Å². The van der Waals surface area contributed by atoms with Crippen molar-refractivity contribution in [1.29, 1.82) is 0 Å². The molecule has 1 aromatic carbocycles. The van der Waals surface area contributed by atoms with Crippen LogP contribution in [0.2, 0.25) is 0 Å². The summed E-state index contributed by atoms with van der Waals surface area (Å²) in [6, 6.07) is 9.87. The van der Waals surface area contributed by atoms with E-state index in [-0.39, 0.29) is 24.1 Å². The molecule has 0 bridgehead atoms. The monoisotopic (exact) mass is 380 g/mol. The van der Waals surface area contributed by atoms with Crippen LogP contribution in [0, 0.1) is 0 Å². The Morgan fingerprint density at radius 3 is 2.68 bits per heavy atom. The van der Waals surface area contributed by atoms with Gasteiger partial charge in [-0.05, 0) is 19.8 Å². The van der Waals surface area contributed by atoms with Crippen LogP contribution in [-0.2, 0) is 17.9 Å². The van der Waals surface area contributed by atoms with Crippen LogP contribution in [0.4, 0.5) is 0 Å². The fourth-order valence-corrected chi connectivity index (χ4v) is 3.86. The molecule has 1 saturated heterocycles. The number of imidazole rings is 1. The smallest absolute Gasteiger partial charge is 0.341 e. The van der Waals surface area contributed by atoms with E-state index in [1.54, 1.807) is 10.8 Å². The van der Waals surface area contributed by atoms with Crippen molar-refractivity contribution in [2.75, 3.05) is 13.1 Å². The van der Waals surface area contributed by atoms with Gasteiger partial charge in [-0.15, -0.1) is 0 Å². The van der Waals surface area contributed by atoms with Crippen LogP contribution in [0.25, 0.3) is 11.4 Å². The lowest BCUT2D eigenvalue weighted by Gasteiger charge is -2.31. The third kappa shape index (κ3) is 3.49. The van der Waals surface area contributed by atoms with E-state index in [1.165, 1.54) is 0 Å². The molecule has 1 N–H and O–H groups in total. The fourth-order valence-electron chi connectivity index (χ4n) is 3.86. The quantitative estimate of drug-likeness (QED) is 0.732. The lowest BCUT2D eigenvalue weighted by Crippen LogP contribution is -2.40. The van der Waals surface area contributed by atoms with Gasteiger partial charge in [0.05, 0.1) is 0 Å². The molecule has 0 unspecified atom stereocenters. The summed E-state index contributed by atoms with van der Waals surface area (Å²) in [6.45, 7) is 4.16. The molecule has 4 rings (SSSR count). The molecule has 0 radical (unpaired) electrons. The minimum absolute atomic E-state index is 0.0866. The highest BCUT2D eigenvalue weighted by molar-refractivity contribution is 5.77. The van der Waals surface area contributed by atoms with Crippen molar-refractivity contribution < 1.29 is 4.79 Å². The summed E-state index contributed by atoms with van der Waals surface area (Å²) < 4.78 is 3.58. The number of aromatic amines is 1. The number of carbonyl (C=O) groups is 1. The summed E-state index contributed by atoms with van der Waals surface area (Å²) in [5.41, 5.74) is 0.833. The van der Waals surface area contributed by atoms with Crippen LogP contribution in [0.5, 0.6) is 0 Å². The zero-order valence-corrected chi connectivity index (χ0v) is 15.9. The Balaban J connectivity index is 1.40. The van der Waals surface area contributed by atoms with Crippen LogP contribution in [0.3, 0.4) is 0 Å². The third-order valence-electron chi connectivity index (χ3n) is 5.37. The van der Waals surface area contributed by atoms with Crippen molar-refractivity contribution in [2.45, 2.75) is 38.8 Å². The topological polar surface area (TPSA) is 88.8 Å². The van der Waals surface area contributed by atoms with E-state index in [2.05, 4.69) is 15.2 Å². The van der Waals surface area contributed by atoms with Crippen molar-refractivity contribution in [2.24, 2.45) is 0 Å². The van der Waals surface area contributed by atoms with Crippen LogP contribution >= 0.6 is 0 Å². The molecule has 0 saturated carbocycles. The average molecular weight is 380 g/mol. The third-order valence-corrected chi connectivity index (χ3v) is 5.37. The minimum Gasteiger partial charge on any atom is -0.341 e. The number of hydrogen-bond acceptors (Lipinski definition) is 4. The first-order valence-electron chi connectivity index (χ1n) is 9.66. The Morgan fingerprint density at radius 1 is 1.21 bits per heavy atom. The van der Waals surface area contributed by atoms with Gasteiger partial charge in [-0.2, -0.15) is 5.10 Å². The van der Waals surface area contributed by atoms with Crippen LogP contribution in [-0.4, -0.2) is 48.2 Å². The second kappa shape index (κ2) is 7.84. The first-order chi connectivity index (χ1) is 13.7. The van der Waals surface area contributed by atoms with E-state index in [1.807, 2.05) is 52.9 Å². The van der Waals surface area contributed by atoms with Gasteiger partial charge in [-0.1, -0.05) is 30.3 Å². The van der Waals surface area contributed by atoms with Gasteiger partial charge in [-0.3, -0.25) is 9.36 Å². The molecule has 28 heavy (non-hydrogen) atoms. The summed E-state index contributed by atoms with van der Waals surface area (Å²) in [5, 5.41) is 6.73. The number of piperidine rings is 1. The summed E-state index contributed by atoms with van der Waals surface area (Å²) in [4.78, 5) is 30.9. The zero-order valence-electron chi connectivity index (χ0n) is 15.9. The number of likely N-dealkylation sites (tertiary alicyclic amines) is 1. The number of nitrogens with zero attached hydrogens (tertiary/aromatic N) is 5. The number of carbonyl (C=O) groups excluding carboxylic acids is 1. The van der Waals surface area contributed by atoms with Gasteiger partial charge in [0.1, 0.15) is 18.2 Å². The van der Waals surface area contributed by atoms with E-state index >= 15 is 0 Å². The molecular weight excluding hydrogens is 356 g/mol. The Labute approximate surface area is 162 Å². The molecule has 8 heteroatoms. The van der Waals surface area contributed by atoms with Gasteiger partial charge in [0.25, 0.3) is 0 Å². The van der Waals surface area contributed by atoms with Gasteiger partial charge in [0.15, 0.2) is 0 Å². The number of H-pyrrole nitrogens is 1. The van der Waals surface area contributed by atoms with Crippen LogP contribution in [0.1, 0.15) is 31.5 Å². The van der Waals surface area contributed by atoms with Crippen LogP contribution < -0.4 is 5.69 Å². The van der Waals surface area contributed by atoms with Gasteiger partial charge in [0, 0.05) is 43.5 Å². The van der Waals surface area contributed by atoms with E-state index in [0.717, 1.165) is 30.1 Å². The maximum atomic E-state index is 12.8. The number of benzene rings is 1. The molecule has 0 atom stereocenters. The molecule has 0 spiro atoms. The fraction of sp³-hybridized carbons (Fsp3) is 0.400. The van der Waals surface area contributed by atoms with Gasteiger partial charge < -0.3 is 9.47 Å². The largest absolute Gasteiger partial charge is 0.343 e. The molecule has 0 aliphatic carbocycles. The SMILES string of the molecule is CCn1c(C2CCN(C(=O)Cn3ccnc3-c3ccccc3)CC2)n[nH]c1=O. The highest BCUT2D eigenvalue weighted by atomic mass is 16.2. The van der Waals surface area contributed by atoms with Gasteiger partial charge in [0.2, 0.25) is 5.91 Å². The van der Waals surface area contributed by atoms with Crippen molar-refractivity contribution >= 4 is 5.91 Å². The first kappa shape index (κ1) is 18.2. The summed E-state index contributed by atoms with van der Waals surface area (Å²) in [5.74, 6) is 1.90. The molecule has 146 valence electrons. The van der Waals surface area contributed by atoms with Crippen LogP contribution in [0.15, 0.2) is 47.5 Å². The average Bonchev–Trinajstić information content (AvgIpc) is 3.35. The molecule has 3 aromatic rings. The second-order valence-corrected chi connectivity index (χ2v) is 7.03. The van der Waals surface area contributed by atoms with Crippen molar-refractivity contribution in [3.8, 4) is 11.4 Å². The Bertz CT molecular complexity index is 995. The molecule has 2 aromatic heterocycles. The van der Waals surface area contributed by atoms with Gasteiger partial charge >= 0.3 is 5.69 Å². The number of amides is 1. The molecule has 1 aliphatic rings.